The van der Waals surface area contributed by atoms with Gasteiger partial charge in [0.2, 0.25) is 5.91 Å². The molecule has 0 saturated heterocycles. The zero-order chi connectivity index (χ0) is 18.0. The lowest BCUT2D eigenvalue weighted by molar-refractivity contribution is 0.0896. The van der Waals surface area contributed by atoms with Crippen molar-refractivity contribution in [1.82, 2.24) is 9.13 Å². The van der Waals surface area contributed by atoms with Gasteiger partial charge in [-0.15, -0.1) is 0 Å². The van der Waals surface area contributed by atoms with E-state index < -0.39 is 17.2 Å². The van der Waals surface area contributed by atoms with E-state index in [1.54, 1.807) is 42.5 Å². The van der Waals surface area contributed by atoms with Gasteiger partial charge in [-0.2, -0.15) is 4.57 Å². The number of anilines is 1. The summed E-state index contributed by atoms with van der Waals surface area (Å²) in [7, 11) is 1.52. The first-order valence-electron chi connectivity index (χ1n) is 7.76. The number of carbonyl (C=O) groups excluding carboxylic acids is 1. The molecule has 1 aromatic heterocycles. The number of fused-ring (bicyclic) bond motifs is 1. The monoisotopic (exact) mass is 339 g/mol. The van der Waals surface area contributed by atoms with Crippen molar-refractivity contribution in [1.29, 1.82) is 0 Å². The second-order valence-electron chi connectivity index (χ2n) is 5.59. The lowest BCUT2D eigenvalue weighted by atomic mass is 10.2. The molecule has 1 heterocycles. The van der Waals surface area contributed by atoms with Crippen molar-refractivity contribution in [3.63, 3.8) is 0 Å². The number of rotatable bonds is 4. The summed E-state index contributed by atoms with van der Waals surface area (Å²) in [4.78, 5) is 37.3. The maximum absolute atomic E-state index is 12.5. The van der Waals surface area contributed by atoms with Gasteiger partial charge >= 0.3 is 5.69 Å². The van der Waals surface area contributed by atoms with Crippen molar-refractivity contribution >= 4 is 22.5 Å². The zero-order valence-electron chi connectivity index (χ0n) is 13.6. The Bertz CT molecular complexity index is 1070. The van der Waals surface area contributed by atoms with Crippen molar-refractivity contribution in [3.8, 4) is 5.75 Å². The van der Waals surface area contributed by atoms with Gasteiger partial charge in [0, 0.05) is 20.0 Å². The Balaban J connectivity index is 1.87. The quantitative estimate of drug-likeness (QED) is 0.704. The SMILES string of the molecule is Cn1c(=O)n(C(=O)CCNc2ccccc2O)c(=O)c2ccccc21. The summed E-state index contributed by atoms with van der Waals surface area (Å²) in [5.41, 5.74) is -0.328. The fourth-order valence-electron chi connectivity index (χ4n) is 2.67. The Morgan fingerprint density at radius 3 is 2.52 bits per heavy atom. The van der Waals surface area contributed by atoms with Crippen molar-refractivity contribution in [3.05, 3.63) is 69.4 Å². The van der Waals surface area contributed by atoms with E-state index in [4.69, 9.17) is 0 Å². The molecule has 128 valence electrons. The number of hydrogen-bond donors (Lipinski definition) is 2. The van der Waals surface area contributed by atoms with Crippen LogP contribution in [0.5, 0.6) is 5.75 Å². The Kier molecular flexibility index (Phi) is 4.38. The van der Waals surface area contributed by atoms with Crippen LogP contribution in [0.3, 0.4) is 0 Å². The highest BCUT2D eigenvalue weighted by molar-refractivity contribution is 5.84. The van der Waals surface area contributed by atoms with Crippen LogP contribution in [-0.2, 0) is 7.05 Å². The molecule has 2 aromatic carbocycles. The third-order valence-corrected chi connectivity index (χ3v) is 3.98. The van der Waals surface area contributed by atoms with Gasteiger partial charge in [-0.3, -0.25) is 14.2 Å². The number of carbonyl (C=O) groups is 1. The van der Waals surface area contributed by atoms with Crippen molar-refractivity contribution < 1.29 is 9.90 Å². The first-order valence-corrected chi connectivity index (χ1v) is 7.76. The van der Waals surface area contributed by atoms with Crippen LogP contribution in [0.1, 0.15) is 11.2 Å². The lowest BCUT2D eigenvalue weighted by Crippen LogP contribution is -2.43. The van der Waals surface area contributed by atoms with E-state index in [1.165, 1.54) is 17.7 Å². The Labute approximate surface area is 142 Å². The van der Waals surface area contributed by atoms with E-state index in [0.717, 1.165) is 0 Å². The van der Waals surface area contributed by atoms with Gasteiger partial charge in [0.25, 0.3) is 5.56 Å². The topological polar surface area (TPSA) is 93.3 Å². The summed E-state index contributed by atoms with van der Waals surface area (Å²) in [6.45, 7) is 0.179. The molecule has 25 heavy (non-hydrogen) atoms. The van der Waals surface area contributed by atoms with Crippen LogP contribution in [-0.4, -0.2) is 26.7 Å². The average molecular weight is 339 g/mol. The second kappa shape index (κ2) is 6.64. The molecular formula is C18H17N3O4. The molecule has 7 nitrogen and oxygen atoms in total. The average Bonchev–Trinajstić information content (AvgIpc) is 2.61. The summed E-state index contributed by atoms with van der Waals surface area (Å²) in [6.07, 6.45) is -0.0676. The Hall–Kier alpha value is -3.35. The molecule has 0 spiro atoms. The molecule has 0 fully saturated rings. The first-order chi connectivity index (χ1) is 12.0. The van der Waals surface area contributed by atoms with Crippen LogP contribution >= 0.6 is 0 Å². The molecule has 0 saturated carbocycles. The number of hydrogen-bond acceptors (Lipinski definition) is 5. The van der Waals surface area contributed by atoms with Crippen LogP contribution in [0, 0.1) is 0 Å². The maximum Gasteiger partial charge on any atom is 0.338 e. The first kappa shape index (κ1) is 16.5. The number of aromatic hydroxyl groups is 1. The van der Waals surface area contributed by atoms with Gasteiger partial charge in [0.05, 0.1) is 16.6 Å². The number of nitrogens with one attached hydrogen (secondary N) is 1. The normalized spacial score (nSPS) is 10.8. The number of benzene rings is 2. The molecule has 2 N–H and O–H groups in total. The summed E-state index contributed by atoms with van der Waals surface area (Å²) in [5, 5.41) is 12.9. The predicted octanol–water partition coefficient (Wildman–Crippen LogP) is 1.55. The molecule has 0 aliphatic heterocycles. The number of phenolic OH excluding ortho intramolecular Hbond substituents is 1. The highest BCUT2D eigenvalue weighted by Crippen LogP contribution is 2.21. The van der Waals surface area contributed by atoms with Crippen LogP contribution in [0.25, 0.3) is 10.9 Å². The van der Waals surface area contributed by atoms with E-state index in [2.05, 4.69) is 5.32 Å². The van der Waals surface area contributed by atoms with E-state index in [0.29, 0.717) is 21.2 Å². The second-order valence-corrected chi connectivity index (χ2v) is 5.59. The highest BCUT2D eigenvalue weighted by atomic mass is 16.3. The molecule has 0 amide bonds. The molecule has 0 atom stereocenters. The number of nitrogens with zero attached hydrogens (tertiary/aromatic N) is 2. The maximum atomic E-state index is 12.5. The van der Waals surface area contributed by atoms with Crippen LogP contribution in [0.15, 0.2) is 58.1 Å². The zero-order valence-corrected chi connectivity index (χ0v) is 13.6. The minimum Gasteiger partial charge on any atom is -0.506 e. The Morgan fingerprint density at radius 1 is 1.08 bits per heavy atom. The summed E-state index contributed by atoms with van der Waals surface area (Å²) in [5.74, 6) is -0.534. The number of para-hydroxylation sites is 3. The minimum atomic E-state index is -0.670. The minimum absolute atomic E-state index is 0.0636. The molecule has 0 aliphatic carbocycles. The lowest BCUT2D eigenvalue weighted by Gasteiger charge is -2.11. The number of phenols is 1. The smallest absolute Gasteiger partial charge is 0.338 e. The molecule has 3 aromatic rings. The van der Waals surface area contributed by atoms with E-state index in [1.807, 2.05) is 0 Å². The van der Waals surface area contributed by atoms with Crippen molar-refractivity contribution in [2.45, 2.75) is 6.42 Å². The van der Waals surface area contributed by atoms with Crippen LogP contribution < -0.4 is 16.6 Å². The fourth-order valence-corrected chi connectivity index (χ4v) is 2.67. The van der Waals surface area contributed by atoms with E-state index in [9.17, 15) is 19.5 Å². The number of aromatic nitrogens is 2. The third kappa shape index (κ3) is 3.03. The molecular weight excluding hydrogens is 322 g/mol. The number of aryl methyl sites for hydroxylation is 1. The van der Waals surface area contributed by atoms with Gasteiger partial charge in [-0.1, -0.05) is 24.3 Å². The molecule has 7 heteroatoms. The van der Waals surface area contributed by atoms with Crippen LogP contribution in [0.2, 0.25) is 0 Å². The Morgan fingerprint density at radius 2 is 1.76 bits per heavy atom. The summed E-state index contributed by atoms with van der Waals surface area (Å²) in [6, 6.07) is 13.3. The molecule has 0 unspecified atom stereocenters. The van der Waals surface area contributed by atoms with Gasteiger partial charge in [0.15, 0.2) is 0 Å². The molecule has 0 radical (unpaired) electrons. The van der Waals surface area contributed by atoms with Gasteiger partial charge < -0.3 is 10.4 Å². The van der Waals surface area contributed by atoms with E-state index >= 15 is 0 Å². The molecule has 3 rings (SSSR count). The standard InChI is InChI=1S/C18H17N3O4/c1-20-14-8-4-2-6-12(14)17(24)21(18(20)25)16(23)10-11-19-13-7-3-5-9-15(13)22/h2-9,19,22H,10-11H2,1H3. The van der Waals surface area contributed by atoms with E-state index in [-0.39, 0.29) is 18.7 Å². The summed E-state index contributed by atoms with van der Waals surface area (Å²) < 4.78 is 1.94. The largest absolute Gasteiger partial charge is 0.506 e. The van der Waals surface area contributed by atoms with Gasteiger partial charge in [-0.25, -0.2) is 4.79 Å². The molecule has 0 aliphatic rings. The van der Waals surface area contributed by atoms with Crippen molar-refractivity contribution in [2.24, 2.45) is 7.05 Å². The predicted molar refractivity (Wildman–Crippen MR) is 95.3 cm³/mol. The fraction of sp³-hybridized carbons (Fsp3) is 0.167. The third-order valence-electron chi connectivity index (χ3n) is 3.98. The van der Waals surface area contributed by atoms with Gasteiger partial charge in [-0.05, 0) is 24.3 Å². The molecule has 0 bridgehead atoms. The van der Waals surface area contributed by atoms with Crippen molar-refractivity contribution in [2.75, 3.05) is 11.9 Å². The summed E-state index contributed by atoms with van der Waals surface area (Å²) >= 11 is 0. The van der Waals surface area contributed by atoms with Gasteiger partial charge in [0.1, 0.15) is 5.75 Å². The van der Waals surface area contributed by atoms with Crippen LogP contribution in [0.4, 0.5) is 5.69 Å². The highest BCUT2D eigenvalue weighted by Gasteiger charge is 2.16.